The molecule has 4 atom stereocenters. The Labute approximate surface area is 171 Å². The largest absolute Gasteiger partial charge is 0.487 e. The second-order valence-corrected chi connectivity index (χ2v) is 6.64. The standard InChI is InChI=1S/C18H21N5O7/c1-2-5-29-16-6-12(3-4-15(16)23(27)28)30-10-11-7-22(21-20-11)8-13-17(25)18(26)14(9-24)19-13/h1,3-4,6-7,13-14,17-19,24-26H,5,8-10H2/t13-,14-,17-,18-/m1/s1. The molecule has 3 rings (SSSR count). The lowest BCUT2D eigenvalue weighted by Gasteiger charge is -2.15. The van der Waals surface area contributed by atoms with Crippen LogP contribution in [0.2, 0.25) is 0 Å². The minimum Gasteiger partial charge on any atom is -0.487 e. The molecule has 160 valence electrons. The van der Waals surface area contributed by atoms with Crippen LogP contribution < -0.4 is 14.8 Å². The van der Waals surface area contributed by atoms with E-state index in [-0.39, 0.29) is 37.8 Å². The Hall–Kier alpha value is -3.24. The van der Waals surface area contributed by atoms with Crippen LogP contribution in [0, 0.1) is 22.5 Å². The fraction of sp³-hybridized carbons (Fsp3) is 0.444. The van der Waals surface area contributed by atoms with Crippen LogP contribution in [0.15, 0.2) is 24.4 Å². The Morgan fingerprint density at radius 1 is 1.30 bits per heavy atom. The van der Waals surface area contributed by atoms with Gasteiger partial charge in [0.05, 0.1) is 48.6 Å². The van der Waals surface area contributed by atoms with Crippen molar-refractivity contribution in [1.82, 2.24) is 20.3 Å². The first-order valence-corrected chi connectivity index (χ1v) is 9.02. The van der Waals surface area contributed by atoms with E-state index in [1.54, 1.807) is 6.20 Å². The molecule has 0 aliphatic carbocycles. The van der Waals surface area contributed by atoms with Crippen LogP contribution in [-0.4, -0.2) is 72.7 Å². The van der Waals surface area contributed by atoms with E-state index in [0.29, 0.717) is 11.4 Å². The molecule has 2 heterocycles. The van der Waals surface area contributed by atoms with E-state index in [2.05, 4.69) is 21.5 Å². The number of aromatic nitrogens is 3. The Morgan fingerprint density at radius 2 is 2.07 bits per heavy atom. The summed E-state index contributed by atoms with van der Waals surface area (Å²) < 4.78 is 12.3. The number of benzene rings is 1. The molecule has 0 saturated carbocycles. The Balaban J connectivity index is 1.60. The highest BCUT2D eigenvalue weighted by atomic mass is 16.6. The molecule has 0 amide bonds. The van der Waals surface area contributed by atoms with Gasteiger partial charge in [-0.05, 0) is 6.07 Å². The zero-order chi connectivity index (χ0) is 21.7. The minimum atomic E-state index is -1.07. The number of aliphatic hydroxyl groups is 3. The number of rotatable bonds is 9. The van der Waals surface area contributed by atoms with Gasteiger partial charge in [0.2, 0.25) is 5.75 Å². The number of nitrogens with one attached hydrogen (secondary N) is 1. The second-order valence-electron chi connectivity index (χ2n) is 6.64. The summed E-state index contributed by atoms with van der Waals surface area (Å²) in [5.41, 5.74) is 0.251. The first kappa shape index (κ1) is 21.5. The fourth-order valence-corrected chi connectivity index (χ4v) is 3.09. The lowest BCUT2D eigenvalue weighted by atomic mass is 10.1. The molecule has 1 aliphatic rings. The third-order valence-electron chi connectivity index (χ3n) is 4.59. The SMILES string of the molecule is C#CCOc1cc(OCc2cn(C[C@H]3N[C@H](CO)[C@@H](O)[C@@H]3O)nn2)ccc1[N+](=O)[O-]. The topological polar surface area (TPSA) is 165 Å². The van der Waals surface area contributed by atoms with Crippen molar-refractivity contribution in [3.8, 4) is 23.8 Å². The van der Waals surface area contributed by atoms with Gasteiger partial charge < -0.3 is 30.1 Å². The van der Waals surface area contributed by atoms with E-state index < -0.39 is 29.2 Å². The van der Waals surface area contributed by atoms with Gasteiger partial charge in [-0.2, -0.15) is 0 Å². The van der Waals surface area contributed by atoms with Crippen molar-refractivity contribution < 1.29 is 29.7 Å². The molecule has 0 radical (unpaired) electrons. The lowest BCUT2D eigenvalue weighted by Crippen LogP contribution is -2.38. The van der Waals surface area contributed by atoms with Crippen molar-refractivity contribution in [2.75, 3.05) is 13.2 Å². The number of nitrogens with zero attached hydrogens (tertiary/aromatic N) is 4. The number of aliphatic hydroxyl groups excluding tert-OH is 3. The molecule has 4 N–H and O–H groups in total. The molecule has 1 aromatic heterocycles. The van der Waals surface area contributed by atoms with Crippen molar-refractivity contribution >= 4 is 5.69 Å². The van der Waals surface area contributed by atoms with Gasteiger partial charge in [0.15, 0.2) is 0 Å². The summed E-state index contributed by atoms with van der Waals surface area (Å²) in [5, 5.41) is 51.0. The molecule has 12 nitrogen and oxygen atoms in total. The summed E-state index contributed by atoms with van der Waals surface area (Å²) in [5.74, 6) is 2.57. The highest BCUT2D eigenvalue weighted by molar-refractivity contribution is 5.50. The first-order valence-electron chi connectivity index (χ1n) is 9.02. The molecule has 12 heteroatoms. The van der Waals surface area contributed by atoms with Crippen LogP contribution in [0.25, 0.3) is 0 Å². The Morgan fingerprint density at radius 3 is 2.73 bits per heavy atom. The minimum absolute atomic E-state index is 0.00241. The molecule has 1 aliphatic heterocycles. The quantitative estimate of drug-likeness (QED) is 0.221. The van der Waals surface area contributed by atoms with Crippen molar-refractivity contribution in [3.05, 3.63) is 40.2 Å². The summed E-state index contributed by atoms with van der Waals surface area (Å²) in [7, 11) is 0. The third-order valence-corrected chi connectivity index (χ3v) is 4.59. The summed E-state index contributed by atoms with van der Waals surface area (Å²) in [4.78, 5) is 10.5. The number of nitro groups is 1. The molecular formula is C18H21N5O7. The molecule has 30 heavy (non-hydrogen) atoms. The van der Waals surface area contributed by atoms with E-state index in [0.717, 1.165) is 0 Å². The average molecular weight is 419 g/mol. The zero-order valence-electron chi connectivity index (χ0n) is 15.8. The van der Waals surface area contributed by atoms with Crippen LogP contribution in [0.4, 0.5) is 5.69 Å². The monoisotopic (exact) mass is 419 g/mol. The van der Waals surface area contributed by atoms with Crippen LogP contribution in [0.1, 0.15) is 5.69 Å². The predicted molar refractivity (Wildman–Crippen MR) is 102 cm³/mol. The van der Waals surface area contributed by atoms with Gasteiger partial charge in [-0.25, -0.2) is 0 Å². The molecule has 1 aromatic carbocycles. The molecule has 1 fully saturated rings. The first-order chi connectivity index (χ1) is 14.4. The Bertz CT molecular complexity index is 928. The Kier molecular flexibility index (Phi) is 6.80. The van der Waals surface area contributed by atoms with Crippen molar-refractivity contribution in [1.29, 1.82) is 0 Å². The van der Waals surface area contributed by atoms with E-state index in [9.17, 15) is 25.4 Å². The second kappa shape index (κ2) is 9.51. The number of ether oxygens (including phenoxy) is 2. The maximum absolute atomic E-state index is 11.1. The predicted octanol–water partition coefficient (Wildman–Crippen LogP) is -1.17. The molecular weight excluding hydrogens is 398 g/mol. The van der Waals surface area contributed by atoms with Crippen LogP contribution >= 0.6 is 0 Å². The van der Waals surface area contributed by atoms with Gasteiger partial charge in [-0.3, -0.25) is 14.8 Å². The van der Waals surface area contributed by atoms with Gasteiger partial charge in [0.25, 0.3) is 0 Å². The summed E-state index contributed by atoms with van der Waals surface area (Å²) in [6.07, 6.45) is 4.61. The van der Waals surface area contributed by atoms with Gasteiger partial charge in [-0.15, -0.1) is 11.5 Å². The smallest absolute Gasteiger partial charge is 0.311 e. The number of hydrogen-bond donors (Lipinski definition) is 4. The third kappa shape index (κ3) is 4.84. The van der Waals surface area contributed by atoms with Crippen molar-refractivity contribution in [2.45, 2.75) is 37.4 Å². The number of terminal acetylenes is 1. The summed E-state index contributed by atoms with van der Waals surface area (Å²) in [6, 6.07) is 2.95. The fourth-order valence-electron chi connectivity index (χ4n) is 3.09. The number of nitro benzene ring substituents is 1. The van der Waals surface area contributed by atoms with Gasteiger partial charge in [0, 0.05) is 12.1 Å². The van der Waals surface area contributed by atoms with Gasteiger partial charge in [-0.1, -0.05) is 11.1 Å². The summed E-state index contributed by atoms with van der Waals surface area (Å²) >= 11 is 0. The van der Waals surface area contributed by atoms with Crippen LogP contribution in [-0.2, 0) is 13.2 Å². The lowest BCUT2D eigenvalue weighted by molar-refractivity contribution is -0.385. The van der Waals surface area contributed by atoms with Crippen LogP contribution in [0.3, 0.4) is 0 Å². The number of hydrogen-bond acceptors (Lipinski definition) is 10. The molecule has 0 unspecified atom stereocenters. The molecule has 1 saturated heterocycles. The van der Waals surface area contributed by atoms with E-state index >= 15 is 0 Å². The maximum Gasteiger partial charge on any atom is 0.311 e. The normalized spacial score (nSPS) is 23.1. The highest BCUT2D eigenvalue weighted by Gasteiger charge is 2.40. The van der Waals surface area contributed by atoms with Gasteiger partial charge >= 0.3 is 5.69 Å². The average Bonchev–Trinajstić information content (AvgIpc) is 3.30. The van der Waals surface area contributed by atoms with Gasteiger partial charge in [0.1, 0.15) is 24.7 Å². The van der Waals surface area contributed by atoms with Crippen molar-refractivity contribution in [3.63, 3.8) is 0 Å². The summed E-state index contributed by atoms with van der Waals surface area (Å²) in [6.45, 7) is -0.156. The van der Waals surface area contributed by atoms with Crippen molar-refractivity contribution in [2.24, 2.45) is 0 Å². The zero-order valence-corrected chi connectivity index (χ0v) is 15.8. The maximum atomic E-state index is 11.1. The molecule has 0 spiro atoms. The highest BCUT2D eigenvalue weighted by Crippen LogP contribution is 2.31. The van der Waals surface area contributed by atoms with E-state index in [4.69, 9.17) is 15.9 Å². The van der Waals surface area contributed by atoms with E-state index in [1.165, 1.54) is 22.9 Å². The molecule has 2 aromatic rings. The molecule has 0 bridgehead atoms. The van der Waals surface area contributed by atoms with E-state index in [1.807, 2.05) is 0 Å². The van der Waals surface area contributed by atoms with Crippen LogP contribution in [0.5, 0.6) is 11.5 Å².